The van der Waals surface area contributed by atoms with E-state index in [1.54, 1.807) is 23.1 Å². The monoisotopic (exact) mass is 363 g/mol. The molecular formula is C23H25NO3. The Labute approximate surface area is 160 Å². The molecule has 27 heavy (non-hydrogen) atoms. The van der Waals surface area contributed by atoms with E-state index in [2.05, 4.69) is 6.58 Å². The van der Waals surface area contributed by atoms with Gasteiger partial charge in [-0.1, -0.05) is 68.5 Å². The fourth-order valence-electron chi connectivity index (χ4n) is 3.66. The molecule has 3 rings (SSSR count). The Kier molecular flexibility index (Phi) is 5.45. The van der Waals surface area contributed by atoms with Gasteiger partial charge in [0.15, 0.2) is 11.8 Å². The Morgan fingerprint density at radius 1 is 1.15 bits per heavy atom. The van der Waals surface area contributed by atoms with Crippen molar-refractivity contribution in [3.05, 3.63) is 84.4 Å². The van der Waals surface area contributed by atoms with Crippen LogP contribution in [0, 0.1) is 5.92 Å². The van der Waals surface area contributed by atoms with Crippen molar-refractivity contribution < 1.29 is 14.3 Å². The van der Waals surface area contributed by atoms with Crippen molar-refractivity contribution in [1.82, 2.24) is 4.90 Å². The quantitative estimate of drug-likeness (QED) is 0.570. The van der Waals surface area contributed by atoms with Crippen LogP contribution in [0.5, 0.6) is 0 Å². The fourth-order valence-corrected chi connectivity index (χ4v) is 3.66. The van der Waals surface area contributed by atoms with Gasteiger partial charge in [0.05, 0.1) is 0 Å². The third kappa shape index (κ3) is 3.52. The maximum Gasteiger partial charge on any atom is 0.334 e. The molecule has 1 fully saturated rings. The van der Waals surface area contributed by atoms with Gasteiger partial charge in [0, 0.05) is 17.9 Å². The molecule has 0 radical (unpaired) electrons. The van der Waals surface area contributed by atoms with Gasteiger partial charge in [0.2, 0.25) is 0 Å². The van der Waals surface area contributed by atoms with Gasteiger partial charge in [-0.2, -0.15) is 0 Å². The van der Waals surface area contributed by atoms with Gasteiger partial charge in [-0.15, -0.1) is 6.58 Å². The minimum Gasteiger partial charge on any atom is -0.439 e. The predicted octanol–water partition coefficient (Wildman–Crippen LogP) is 4.23. The van der Waals surface area contributed by atoms with Crippen LogP contribution < -0.4 is 0 Å². The highest BCUT2D eigenvalue weighted by Gasteiger charge is 2.57. The van der Waals surface area contributed by atoms with Crippen molar-refractivity contribution in [2.75, 3.05) is 0 Å². The summed E-state index contributed by atoms with van der Waals surface area (Å²) in [5, 5.41) is 0. The SMILES string of the molecule is C=CC[C@@]1(Cc2ccccc2)C(=O)O[C@H](C(C)C)N1C(=O)c1ccccc1. The van der Waals surface area contributed by atoms with E-state index in [0.717, 1.165) is 5.56 Å². The molecule has 0 aromatic heterocycles. The zero-order chi connectivity index (χ0) is 19.4. The molecule has 1 heterocycles. The lowest BCUT2D eigenvalue weighted by Crippen LogP contribution is -2.55. The normalized spacial score (nSPS) is 22.0. The van der Waals surface area contributed by atoms with Crippen LogP contribution >= 0.6 is 0 Å². The minimum atomic E-state index is -1.09. The first-order valence-electron chi connectivity index (χ1n) is 9.24. The van der Waals surface area contributed by atoms with Crippen LogP contribution in [0.15, 0.2) is 73.3 Å². The molecule has 0 spiro atoms. The first-order valence-corrected chi connectivity index (χ1v) is 9.24. The largest absolute Gasteiger partial charge is 0.439 e. The van der Waals surface area contributed by atoms with E-state index in [4.69, 9.17) is 4.74 Å². The third-order valence-corrected chi connectivity index (χ3v) is 4.95. The second kappa shape index (κ2) is 7.78. The Balaban J connectivity index is 2.10. The van der Waals surface area contributed by atoms with Crippen molar-refractivity contribution in [3.63, 3.8) is 0 Å². The first-order chi connectivity index (χ1) is 13.0. The van der Waals surface area contributed by atoms with Crippen LogP contribution in [-0.4, -0.2) is 28.5 Å². The fraction of sp³-hybridized carbons (Fsp3) is 0.304. The van der Waals surface area contributed by atoms with Crippen molar-refractivity contribution in [2.24, 2.45) is 5.92 Å². The van der Waals surface area contributed by atoms with Crippen LogP contribution in [0.25, 0.3) is 0 Å². The zero-order valence-electron chi connectivity index (χ0n) is 15.8. The summed E-state index contributed by atoms with van der Waals surface area (Å²) in [6.45, 7) is 7.74. The van der Waals surface area contributed by atoms with Crippen LogP contribution in [0.4, 0.5) is 0 Å². The third-order valence-electron chi connectivity index (χ3n) is 4.95. The average molecular weight is 363 g/mol. The van der Waals surface area contributed by atoms with Gasteiger partial charge in [-0.05, 0) is 24.1 Å². The van der Waals surface area contributed by atoms with Gasteiger partial charge in [0.1, 0.15) is 0 Å². The molecule has 0 aliphatic carbocycles. The lowest BCUT2D eigenvalue weighted by Gasteiger charge is -2.37. The molecule has 1 amide bonds. The van der Waals surface area contributed by atoms with Crippen molar-refractivity contribution in [3.8, 4) is 0 Å². The van der Waals surface area contributed by atoms with Gasteiger partial charge in [-0.25, -0.2) is 4.79 Å². The van der Waals surface area contributed by atoms with Crippen molar-refractivity contribution in [2.45, 2.75) is 38.5 Å². The molecule has 4 nitrogen and oxygen atoms in total. The van der Waals surface area contributed by atoms with E-state index in [1.807, 2.05) is 62.4 Å². The molecular weight excluding hydrogens is 338 g/mol. The van der Waals surface area contributed by atoms with Crippen molar-refractivity contribution in [1.29, 1.82) is 0 Å². The van der Waals surface area contributed by atoms with Crippen LogP contribution in [0.3, 0.4) is 0 Å². The van der Waals surface area contributed by atoms with E-state index in [9.17, 15) is 9.59 Å². The van der Waals surface area contributed by atoms with Crippen LogP contribution in [0.2, 0.25) is 0 Å². The number of carbonyl (C=O) groups is 2. The highest BCUT2D eigenvalue weighted by atomic mass is 16.6. The standard InChI is InChI=1S/C23H25NO3/c1-4-15-23(16-18-11-7-5-8-12-18)22(26)27-21(17(2)3)24(23)20(25)19-13-9-6-10-14-19/h4-14,17,21H,1,15-16H2,2-3H3/t21-,23-/m1/s1. The van der Waals surface area contributed by atoms with Crippen molar-refractivity contribution >= 4 is 11.9 Å². The second-order valence-electron chi connectivity index (χ2n) is 7.27. The molecule has 0 unspecified atom stereocenters. The number of amides is 1. The lowest BCUT2D eigenvalue weighted by molar-refractivity contribution is -0.146. The molecule has 0 N–H and O–H groups in total. The molecule has 4 heteroatoms. The topological polar surface area (TPSA) is 46.6 Å². The Morgan fingerprint density at radius 2 is 1.74 bits per heavy atom. The Morgan fingerprint density at radius 3 is 2.30 bits per heavy atom. The lowest BCUT2D eigenvalue weighted by atomic mass is 9.85. The van der Waals surface area contributed by atoms with E-state index in [1.165, 1.54) is 0 Å². The first kappa shape index (κ1) is 18.9. The Bertz CT molecular complexity index is 816. The summed E-state index contributed by atoms with van der Waals surface area (Å²) < 4.78 is 5.74. The van der Waals surface area contributed by atoms with Crippen LogP contribution in [0.1, 0.15) is 36.2 Å². The number of carbonyl (C=O) groups excluding carboxylic acids is 2. The number of cyclic esters (lactones) is 1. The summed E-state index contributed by atoms with van der Waals surface area (Å²) in [6.07, 6.45) is 1.81. The highest BCUT2D eigenvalue weighted by Crippen LogP contribution is 2.39. The number of benzene rings is 2. The molecule has 0 bridgehead atoms. The summed E-state index contributed by atoms with van der Waals surface area (Å²) >= 11 is 0. The average Bonchev–Trinajstić information content (AvgIpc) is 2.95. The minimum absolute atomic E-state index is 0.0240. The van der Waals surface area contributed by atoms with E-state index < -0.39 is 11.8 Å². The number of esters is 1. The summed E-state index contributed by atoms with van der Waals surface area (Å²) in [5.41, 5.74) is 0.430. The molecule has 2 aromatic carbocycles. The maximum absolute atomic E-state index is 13.4. The van der Waals surface area contributed by atoms with E-state index >= 15 is 0 Å². The predicted molar refractivity (Wildman–Crippen MR) is 105 cm³/mol. The second-order valence-corrected chi connectivity index (χ2v) is 7.27. The Hall–Kier alpha value is -2.88. The smallest absolute Gasteiger partial charge is 0.334 e. The molecule has 1 aliphatic heterocycles. The van der Waals surface area contributed by atoms with Gasteiger partial charge in [0.25, 0.3) is 5.91 Å². The summed E-state index contributed by atoms with van der Waals surface area (Å²) in [4.78, 5) is 28.2. The summed E-state index contributed by atoms with van der Waals surface area (Å²) in [6, 6.07) is 18.8. The molecule has 0 saturated carbocycles. The van der Waals surface area contributed by atoms with Gasteiger partial charge >= 0.3 is 5.97 Å². The molecule has 2 atom stereocenters. The maximum atomic E-state index is 13.4. The number of rotatable bonds is 6. The molecule has 2 aromatic rings. The molecule has 1 aliphatic rings. The summed E-state index contributed by atoms with van der Waals surface area (Å²) in [7, 11) is 0. The van der Waals surface area contributed by atoms with E-state index in [-0.39, 0.29) is 17.8 Å². The molecule has 1 saturated heterocycles. The highest BCUT2D eigenvalue weighted by molar-refractivity contribution is 6.00. The number of nitrogens with zero attached hydrogens (tertiary/aromatic N) is 1. The van der Waals surface area contributed by atoms with E-state index in [0.29, 0.717) is 18.4 Å². The molecule has 140 valence electrons. The van der Waals surface area contributed by atoms with Crippen LogP contribution in [-0.2, 0) is 16.0 Å². The van der Waals surface area contributed by atoms with Gasteiger partial charge < -0.3 is 4.74 Å². The number of hydrogen-bond donors (Lipinski definition) is 0. The number of hydrogen-bond acceptors (Lipinski definition) is 3. The number of ether oxygens (including phenoxy) is 1. The van der Waals surface area contributed by atoms with Gasteiger partial charge in [-0.3, -0.25) is 9.69 Å². The zero-order valence-corrected chi connectivity index (χ0v) is 15.8. The summed E-state index contributed by atoms with van der Waals surface area (Å²) in [5.74, 6) is -0.587.